The standard InChI is InChI=1S/C46H48O7S/c1-30-23-24-33(46(2,3)4)25-40(30)54-44-43(50-27-32-17-9-6-10-18-32)42(41(47)39(52-44)29-49-26-31-15-7-5-8-16-31)53-45(48)51-28-38-36-21-13-11-19-34(36)35-20-12-14-22-37(35)38/h5-25,38-39,41-44,47H,26-29H2,1-4H3/t39-,41-,42+,43-,44+/m1/s1. The average molecular weight is 745 g/mol. The predicted molar refractivity (Wildman–Crippen MR) is 211 cm³/mol. The highest BCUT2D eigenvalue weighted by Gasteiger charge is 2.49. The number of fused-ring (bicyclic) bond motifs is 3. The van der Waals surface area contributed by atoms with Gasteiger partial charge >= 0.3 is 6.16 Å². The van der Waals surface area contributed by atoms with Gasteiger partial charge in [-0.05, 0) is 62.9 Å². The molecule has 280 valence electrons. The van der Waals surface area contributed by atoms with Gasteiger partial charge in [-0.1, -0.05) is 154 Å². The van der Waals surface area contributed by atoms with Crippen LogP contribution in [-0.4, -0.2) is 54.3 Å². The van der Waals surface area contributed by atoms with Crippen LogP contribution < -0.4 is 0 Å². The first-order chi connectivity index (χ1) is 26.2. The van der Waals surface area contributed by atoms with Gasteiger partial charge in [-0.2, -0.15) is 0 Å². The monoisotopic (exact) mass is 744 g/mol. The summed E-state index contributed by atoms with van der Waals surface area (Å²) in [5.41, 5.74) is 7.93. The number of hydrogen-bond acceptors (Lipinski definition) is 8. The Kier molecular flexibility index (Phi) is 11.9. The van der Waals surface area contributed by atoms with Crippen LogP contribution in [0.2, 0.25) is 0 Å². The van der Waals surface area contributed by atoms with E-state index in [-0.39, 0.29) is 31.2 Å². The largest absolute Gasteiger partial charge is 0.508 e. The van der Waals surface area contributed by atoms with Crippen LogP contribution in [-0.2, 0) is 42.3 Å². The van der Waals surface area contributed by atoms with E-state index in [0.717, 1.165) is 43.8 Å². The van der Waals surface area contributed by atoms with Gasteiger partial charge in [0.1, 0.15) is 30.4 Å². The van der Waals surface area contributed by atoms with Crippen molar-refractivity contribution < 1.29 is 33.6 Å². The maximum absolute atomic E-state index is 13.7. The van der Waals surface area contributed by atoms with Gasteiger partial charge in [0, 0.05) is 10.8 Å². The molecule has 0 spiro atoms. The van der Waals surface area contributed by atoms with Crippen LogP contribution >= 0.6 is 11.8 Å². The molecule has 1 aliphatic carbocycles. The first kappa shape index (κ1) is 37.9. The summed E-state index contributed by atoms with van der Waals surface area (Å²) in [5, 5.41) is 11.9. The fourth-order valence-electron chi connectivity index (χ4n) is 7.12. The van der Waals surface area contributed by atoms with Crippen molar-refractivity contribution in [3.8, 4) is 11.1 Å². The molecule has 8 heteroatoms. The Hall–Kier alpha value is -4.44. The lowest BCUT2D eigenvalue weighted by molar-refractivity contribution is -0.228. The molecule has 0 radical (unpaired) electrons. The van der Waals surface area contributed by atoms with Gasteiger partial charge in [-0.15, -0.1) is 0 Å². The maximum Gasteiger partial charge on any atom is 0.508 e. The van der Waals surface area contributed by atoms with Crippen LogP contribution in [0.1, 0.15) is 60.1 Å². The van der Waals surface area contributed by atoms with Gasteiger partial charge in [0.2, 0.25) is 0 Å². The number of carbonyl (C=O) groups excluding carboxylic acids is 1. The summed E-state index contributed by atoms with van der Waals surface area (Å²) in [6.45, 7) is 9.34. The molecule has 54 heavy (non-hydrogen) atoms. The lowest BCUT2D eigenvalue weighted by atomic mass is 9.87. The average Bonchev–Trinajstić information content (AvgIpc) is 3.50. The Morgan fingerprint density at radius 3 is 1.96 bits per heavy atom. The summed E-state index contributed by atoms with van der Waals surface area (Å²) in [4.78, 5) is 14.8. The van der Waals surface area contributed by atoms with Crippen molar-refractivity contribution in [3.63, 3.8) is 0 Å². The molecule has 1 heterocycles. The van der Waals surface area contributed by atoms with E-state index in [1.165, 1.54) is 17.3 Å². The van der Waals surface area contributed by atoms with Crippen LogP contribution in [0.25, 0.3) is 11.1 Å². The number of aryl methyl sites for hydroxylation is 1. The SMILES string of the molecule is Cc1ccc(C(C)(C)C)cc1S[C@@H]1O[C@H](COCc2ccccc2)[C@@H](O)[C@H](OC(=O)OCC2c3ccccc3-c3ccccc32)[C@H]1OCc1ccccc1. The van der Waals surface area contributed by atoms with Gasteiger partial charge in [-0.25, -0.2) is 4.79 Å². The molecule has 7 nitrogen and oxygen atoms in total. The van der Waals surface area contributed by atoms with Crippen molar-refractivity contribution in [1.29, 1.82) is 0 Å². The quantitative estimate of drug-likeness (QED) is 0.127. The third-order valence-corrected chi connectivity index (χ3v) is 11.5. The fourth-order valence-corrected chi connectivity index (χ4v) is 8.39. The topological polar surface area (TPSA) is 83.5 Å². The molecule has 1 aliphatic heterocycles. The van der Waals surface area contributed by atoms with Crippen molar-refractivity contribution in [1.82, 2.24) is 0 Å². The van der Waals surface area contributed by atoms with Crippen molar-refractivity contribution in [2.45, 2.75) is 87.0 Å². The summed E-state index contributed by atoms with van der Waals surface area (Å²) in [6.07, 6.45) is -4.93. The minimum Gasteiger partial charge on any atom is -0.433 e. The smallest absolute Gasteiger partial charge is 0.433 e. The van der Waals surface area contributed by atoms with Crippen LogP contribution in [0, 0.1) is 6.92 Å². The minimum atomic E-state index is -1.26. The van der Waals surface area contributed by atoms with Crippen LogP contribution in [0.3, 0.4) is 0 Å². The Morgan fingerprint density at radius 2 is 1.33 bits per heavy atom. The van der Waals surface area contributed by atoms with E-state index in [9.17, 15) is 9.90 Å². The molecule has 7 rings (SSSR count). The number of benzene rings is 5. The molecule has 1 saturated heterocycles. The van der Waals surface area contributed by atoms with E-state index in [0.29, 0.717) is 6.61 Å². The van der Waals surface area contributed by atoms with Gasteiger partial charge < -0.3 is 28.8 Å². The van der Waals surface area contributed by atoms with E-state index < -0.39 is 36.0 Å². The zero-order valence-electron chi connectivity index (χ0n) is 31.2. The lowest BCUT2D eigenvalue weighted by Crippen LogP contribution is -2.60. The van der Waals surface area contributed by atoms with Crippen LogP contribution in [0.4, 0.5) is 4.79 Å². The number of ether oxygens (including phenoxy) is 5. The number of rotatable bonds is 12. The second-order valence-electron chi connectivity index (χ2n) is 15.0. The lowest BCUT2D eigenvalue weighted by Gasteiger charge is -2.43. The molecule has 0 saturated carbocycles. The van der Waals surface area contributed by atoms with Crippen LogP contribution in [0.15, 0.2) is 132 Å². The van der Waals surface area contributed by atoms with Crippen molar-refractivity contribution in [2.75, 3.05) is 13.2 Å². The Morgan fingerprint density at radius 1 is 0.741 bits per heavy atom. The van der Waals surface area contributed by atoms with Gasteiger partial charge in [0.05, 0.1) is 19.8 Å². The molecule has 2 aliphatic rings. The molecular formula is C46H48O7S. The first-order valence-electron chi connectivity index (χ1n) is 18.6. The van der Waals surface area contributed by atoms with E-state index in [4.69, 9.17) is 23.7 Å². The fraction of sp³-hybridized carbons (Fsp3) is 0.326. The van der Waals surface area contributed by atoms with Crippen LogP contribution in [0.5, 0.6) is 0 Å². The summed E-state index contributed by atoms with van der Waals surface area (Å²) in [7, 11) is 0. The number of thioether (sulfide) groups is 1. The van der Waals surface area contributed by atoms with E-state index >= 15 is 0 Å². The zero-order chi connectivity index (χ0) is 37.7. The molecule has 1 fully saturated rings. The molecule has 5 aromatic rings. The number of hydrogen-bond donors (Lipinski definition) is 1. The van der Waals surface area contributed by atoms with E-state index in [1.807, 2.05) is 84.9 Å². The highest BCUT2D eigenvalue weighted by atomic mass is 32.2. The molecule has 5 atom stereocenters. The van der Waals surface area contributed by atoms with Gasteiger partial charge in [0.25, 0.3) is 0 Å². The normalized spacial score (nSPS) is 20.9. The highest BCUT2D eigenvalue weighted by molar-refractivity contribution is 7.99. The Balaban J connectivity index is 1.16. The molecule has 0 aromatic heterocycles. The molecule has 1 N–H and O–H groups in total. The Bertz CT molecular complexity index is 1970. The summed E-state index contributed by atoms with van der Waals surface area (Å²) in [6, 6.07) is 42.4. The molecule has 0 amide bonds. The summed E-state index contributed by atoms with van der Waals surface area (Å²) < 4.78 is 31.4. The van der Waals surface area contributed by atoms with Crippen molar-refractivity contribution in [2.24, 2.45) is 0 Å². The summed E-state index contributed by atoms with van der Waals surface area (Å²) in [5.74, 6) is -0.143. The van der Waals surface area contributed by atoms with E-state index in [1.54, 1.807) is 0 Å². The number of aliphatic hydroxyl groups is 1. The third kappa shape index (κ3) is 8.75. The summed E-state index contributed by atoms with van der Waals surface area (Å²) >= 11 is 1.50. The zero-order valence-corrected chi connectivity index (χ0v) is 32.0. The van der Waals surface area contributed by atoms with Crippen molar-refractivity contribution >= 4 is 17.9 Å². The second-order valence-corrected chi connectivity index (χ2v) is 16.2. The molecule has 0 bridgehead atoms. The maximum atomic E-state index is 13.7. The first-order valence-corrected chi connectivity index (χ1v) is 19.4. The Labute approximate surface area is 322 Å². The predicted octanol–water partition coefficient (Wildman–Crippen LogP) is 9.61. The molecule has 5 aromatic carbocycles. The number of carbonyl (C=O) groups is 1. The van der Waals surface area contributed by atoms with E-state index in [2.05, 4.69) is 70.2 Å². The van der Waals surface area contributed by atoms with Gasteiger partial charge in [-0.3, -0.25) is 0 Å². The second kappa shape index (κ2) is 16.9. The highest BCUT2D eigenvalue weighted by Crippen LogP contribution is 2.45. The minimum absolute atomic E-state index is 0.0700. The molecule has 0 unspecified atom stereocenters. The molecular weight excluding hydrogens is 697 g/mol. The third-order valence-electron chi connectivity index (χ3n) is 10.2. The number of aliphatic hydroxyl groups excluding tert-OH is 1. The van der Waals surface area contributed by atoms with Gasteiger partial charge in [0.15, 0.2) is 6.10 Å². The van der Waals surface area contributed by atoms with Crippen molar-refractivity contribution in [3.05, 3.63) is 161 Å².